The van der Waals surface area contributed by atoms with E-state index in [1.165, 1.54) is 22.3 Å². The summed E-state index contributed by atoms with van der Waals surface area (Å²) < 4.78 is 0. The number of aryl methyl sites for hydroxylation is 4. The number of rotatable bonds is 0. The second-order valence-corrected chi connectivity index (χ2v) is 4.32. The summed E-state index contributed by atoms with van der Waals surface area (Å²) in [4.78, 5) is 0. The number of hydrogen-bond acceptors (Lipinski definition) is 1. The third-order valence-corrected chi connectivity index (χ3v) is 2.35. The van der Waals surface area contributed by atoms with Crippen LogP contribution in [0.25, 0.3) is 0 Å². The fraction of sp³-hybridized carbons (Fsp3) is 0.368. The van der Waals surface area contributed by atoms with Crippen molar-refractivity contribution in [3.8, 4) is 0 Å². The Morgan fingerprint density at radius 1 is 0.550 bits per heavy atom. The molecule has 0 heterocycles. The SMILES string of the molecule is CC.CO.Cc1cccc(C)c1.Cc1cccc(C)c1. The van der Waals surface area contributed by atoms with E-state index in [0.717, 1.165) is 7.11 Å². The monoisotopic (exact) mass is 274 g/mol. The van der Waals surface area contributed by atoms with Gasteiger partial charge >= 0.3 is 0 Å². The molecule has 0 aromatic heterocycles. The summed E-state index contributed by atoms with van der Waals surface area (Å²) in [6.45, 7) is 12.4. The second kappa shape index (κ2) is 13.8. The molecule has 1 heteroatoms. The summed E-state index contributed by atoms with van der Waals surface area (Å²) in [7, 11) is 1.00. The number of benzene rings is 2. The summed E-state index contributed by atoms with van der Waals surface area (Å²) in [5.74, 6) is 0. The number of hydrogen-bond donors (Lipinski definition) is 1. The molecular formula is C19H30O. The Bertz CT molecular complexity index is 369. The molecule has 0 radical (unpaired) electrons. The van der Waals surface area contributed by atoms with Gasteiger partial charge in [-0.1, -0.05) is 84.6 Å². The van der Waals surface area contributed by atoms with Crippen LogP contribution in [0.2, 0.25) is 0 Å². The zero-order chi connectivity index (χ0) is 16.0. The van der Waals surface area contributed by atoms with Gasteiger partial charge in [-0.25, -0.2) is 0 Å². The average molecular weight is 274 g/mol. The summed E-state index contributed by atoms with van der Waals surface area (Å²) in [5, 5.41) is 7.00. The lowest BCUT2D eigenvalue weighted by Crippen LogP contribution is -1.71. The van der Waals surface area contributed by atoms with Crippen LogP contribution in [0, 0.1) is 27.7 Å². The molecule has 0 atom stereocenters. The van der Waals surface area contributed by atoms with Gasteiger partial charge in [-0.15, -0.1) is 0 Å². The third-order valence-electron chi connectivity index (χ3n) is 2.35. The van der Waals surface area contributed by atoms with Crippen LogP contribution in [0.1, 0.15) is 36.1 Å². The van der Waals surface area contributed by atoms with Gasteiger partial charge in [0.15, 0.2) is 0 Å². The van der Waals surface area contributed by atoms with Crippen molar-refractivity contribution in [3.63, 3.8) is 0 Å². The van der Waals surface area contributed by atoms with Crippen molar-refractivity contribution in [2.75, 3.05) is 7.11 Å². The lowest BCUT2D eigenvalue weighted by atomic mass is 10.2. The Kier molecular flexibility index (Phi) is 14.3. The molecule has 0 saturated heterocycles. The highest BCUT2D eigenvalue weighted by atomic mass is 16.2. The number of aliphatic hydroxyl groups is 1. The van der Waals surface area contributed by atoms with Crippen LogP contribution in [-0.2, 0) is 0 Å². The zero-order valence-electron chi connectivity index (χ0n) is 14.1. The van der Waals surface area contributed by atoms with Crippen LogP contribution < -0.4 is 0 Å². The molecule has 1 nitrogen and oxygen atoms in total. The van der Waals surface area contributed by atoms with E-state index in [0.29, 0.717) is 0 Å². The second-order valence-electron chi connectivity index (χ2n) is 4.32. The predicted molar refractivity (Wildman–Crippen MR) is 91.3 cm³/mol. The first-order valence-corrected chi connectivity index (χ1v) is 7.09. The maximum absolute atomic E-state index is 7.00. The molecule has 0 bridgehead atoms. The van der Waals surface area contributed by atoms with Gasteiger partial charge in [-0.3, -0.25) is 0 Å². The van der Waals surface area contributed by atoms with E-state index in [-0.39, 0.29) is 0 Å². The van der Waals surface area contributed by atoms with E-state index >= 15 is 0 Å². The van der Waals surface area contributed by atoms with Crippen molar-refractivity contribution in [2.45, 2.75) is 41.5 Å². The summed E-state index contributed by atoms with van der Waals surface area (Å²) in [5.41, 5.74) is 5.35. The van der Waals surface area contributed by atoms with Gasteiger partial charge in [0.1, 0.15) is 0 Å². The average Bonchev–Trinajstić information content (AvgIpc) is 2.43. The highest BCUT2D eigenvalue weighted by molar-refractivity contribution is 5.20. The molecule has 0 unspecified atom stereocenters. The van der Waals surface area contributed by atoms with Crippen molar-refractivity contribution < 1.29 is 5.11 Å². The van der Waals surface area contributed by atoms with Gasteiger partial charge in [0.05, 0.1) is 0 Å². The van der Waals surface area contributed by atoms with E-state index in [9.17, 15) is 0 Å². The van der Waals surface area contributed by atoms with E-state index in [4.69, 9.17) is 5.11 Å². The highest BCUT2D eigenvalue weighted by Gasteiger charge is 1.81. The van der Waals surface area contributed by atoms with Gasteiger partial charge in [-0.2, -0.15) is 0 Å². The molecule has 0 aliphatic carbocycles. The largest absolute Gasteiger partial charge is 0.400 e. The van der Waals surface area contributed by atoms with Crippen LogP contribution in [-0.4, -0.2) is 12.2 Å². The molecule has 0 fully saturated rings. The normalized spacial score (nSPS) is 8.00. The highest BCUT2D eigenvalue weighted by Crippen LogP contribution is 2.00. The molecule has 2 aromatic carbocycles. The molecule has 20 heavy (non-hydrogen) atoms. The zero-order valence-corrected chi connectivity index (χ0v) is 14.1. The molecule has 1 N–H and O–H groups in total. The van der Waals surface area contributed by atoms with Gasteiger partial charge in [0, 0.05) is 7.11 Å². The Morgan fingerprint density at radius 3 is 0.850 bits per heavy atom. The van der Waals surface area contributed by atoms with Crippen molar-refractivity contribution >= 4 is 0 Å². The van der Waals surface area contributed by atoms with Crippen molar-refractivity contribution in [1.82, 2.24) is 0 Å². The molecule has 0 aliphatic heterocycles. The Labute approximate surface area is 125 Å². The van der Waals surface area contributed by atoms with Crippen LogP contribution >= 0.6 is 0 Å². The van der Waals surface area contributed by atoms with Crippen molar-refractivity contribution in [1.29, 1.82) is 0 Å². The standard InChI is InChI=1S/2C8H10.C2H6.CH4O/c2*1-7-4-3-5-8(2)6-7;2*1-2/h2*3-6H,1-2H3;1-2H3;2H,1H3. The Morgan fingerprint density at radius 2 is 0.750 bits per heavy atom. The van der Waals surface area contributed by atoms with Gasteiger partial charge in [0.25, 0.3) is 0 Å². The fourth-order valence-corrected chi connectivity index (χ4v) is 1.61. The van der Waals surface area contributed by atoms with Gasteiger partial charge in [0.2, 0.25) is 0 Å². The third kappa shape index (κ3) is 11.5. The minimum absolute atomic E-state index is 1.00. The maximum atomic E-state index is 7.00. The summed E-state index contributed by atoms with van der Waals surface area (Å²) >= 11 is 0. The molecule has 2 aromatic rings. The predicted octanol–water partition coefficient (Wildman–Crippen LogP) is 5.24. The van der Waals surface area contributed by atoms with Crippen LogP contribution in [0.5, 0.6) is 0 Å². The Hall–Kier alpha value is -1.60. The Balaban J connectivity index is 0. The summed E-state index contributed by atoms with van der Waals surface area (Å²) in [6, 6.07) is 16.9. The minimum atomic E-state index is 1.00. The fourth-order valence-electron chi connectivity index (χ4n) is 1.61. The molecular weight excluding hydrogens is 244 g/mol. The van der Waals surface area contributed by atoms with Gasteiger partial charge in [-0.05, 0) is 27.7 Å². The molecule has 0 amide bonds. The minimum Gasteiger partial charge on any atom is -0.400 e. The number of aliphatic hydroxyl groups excluding tert-OH is 1. The first-order chi connectivity index (χ1) is 9.58. The molecule has 2 rings (SSSR count). The lowest BCUT2D eigenvalue weighted by molar-refractivity contribution is 0.399. The molecule has 112 valence electrons. The van der Waals surface area contributed by atoms with Crippen molar-refractivity contribution in [2.24, 2.45) is 0 Å². The van der Waals surface area contributed by atoms with E-state index in [1.54, 1.807) is 0 Å². The lowest BCUT2D eigenvalue weighted by Gasteiger charge is -1.90. The topological polar surface area (TPSA) is 20.2 Å². The van der Waals surface area contributed by atoms with Crippen LogP contribution in [0.4, 0.5) is 0 Å². The first kappa shape index (κ1) is 20.7. The quantitative estimate of drug-likeness (QED) is 0.696. The van der Waals surface area contributed by atoms with E-state index < -0.39 is 0 Å². The smallest absolute Gasteiger partial charge is 0.0319 e. The molecule has 0 spiro atoms. The van der Waals surface area contributed by atoms with Crippen LogP contribution in [0.15, 0.2) is 48.5 Å². The maximum Gasteiger partial charge on any atom is 0.0319 e. The summed E-state index contributed by atoms with van der Waals surface area (Å²) in [6.07, 6.45) is 0. The molecule has 0 saturated carbocycles. The van der Waals surface area contributed by atoms with Crippen molar-refractivity contribution in [3.05, 3.63) is 70.8 Å². The van der Waals surface area contributed by atoms with Crippen LogP contribution in [0.3, 0.4) is 0 Å². The van der Waals surface area contributed by atoms with Gasteiger partial charge < -0.3 is 5.11 Å². The first-order valence-electron chi connectivity index (χ1n) is 7.09. The van der Waals surface area contributed by atoms with E-state index in [1.807, 2.05) is 13.8 Å². The van der Waals surface area contributed by atoms with E-state index in [2.05, 4.69) is 76.2 Å². The molecule has 0 aliphatic rings.